The molecule has 4 rings (SSSR count). The third kappa shape index (κ3) is 3.52. The Morgan fingerprint density at radius 3 is 2.79 bits per heavy atom. The third-order valence-electron chi connectivity index (χ3n) is 4.75. The summed E-state index contributed by atoms with van der Waals surface area (Å²) in [6, 6.07) is 11.5. The lowest BCUT2D eigenvalue weighted by atomic mass is 9.92. The molecule has 2 aliphatic rings. The second kappa shape index (κ2) is 7.35. The second-order valence-electron chi connectivity index (χ2n) is 6.86. The van der Waals surface area contributed by atoms with Gasteiger partial charge in [-0.25, -0.2) is 9.18 Å². The molecule has 0 saturated carbocycles. The molecule has 0 bridgehead atoms. The van der Waals surface area contributed by atoms with Crippen molar-refractivity contribution >= 4 is 23.7 Å². The summed E-state index contributed by atoms with van der Waals surface area (Å²) in [6.07, 6.45) is 0.338. The number of rotatable bonds is 6. The van der Waals surface area contributed by atoms with Crippen LogP contribution in [0.4, 0.5) is 9.18 Å². The Morgan fingerprint density at radius 1 is 1.18 bits per heavy atom. The van der Waals surface area contributed by atoms with Crippen molar-refractivity contribution in [3.05, 3.63) is 53.8 Å². The lowest BCUT2D eigenvalue weighted by Gasteiger charge is -2.22. The van der Waals surface area contributed by atoms with Crippen molar-refractivity contribution in [2.45, 2.75) is 23.8 Å². The predicted octanol–water partition coefficient (Wildman–Crippen LogP) is 3.20. The molecule has 1 saturated heterocycles. The molecule has 0 aromatic heterocycles. The number of benzene rings is 2. The van der Waals surface area contributed by atoms with Gasteiger partial charge in [0.25, 0.3) is 5.91 Å². The zero-order chi connectivity index (χ0) is 19.7. The van der Waals surface area contributed by atoms with E-state index in [2.05, 4.69) is 5.32 Å². The molecule has 1 N–H and O–H groups in total. The van der Waals surface area contributed by atoms with Gasteiger partial charge in [0.1, 0.15) is 11.4 Å². The monoisotopic (exact) mass is 402 g/mol. The molecule has 0 aliphatic carbocycles. The number of halogens is 1. The quantitative estimate of drug-likeness (QED) is 0.594. The average Bonchev–Trinajstić information content (AvgIpc) is 3.20. The Hall–Kier alpha value is -2.74. The van der Waals surface area contributed by atoms with Gasteiger partial charge in [-0.3, -0.25) is 9.69 Å². The molecule has 1 unspecified atom stereocenters. The van der Waals surface area contributed by atoms with E-state index >= 15 is 0 Å². The topological polar surface area (TPSA) is 67.9 Å². The average molecular weight is 402 g/mol. The van der Waals surface area contributed by atoms with Gasteiger partial charge in [-0.2, -0.15) is 0 Å². The summed E-state index contributed by atoms with van der Waals surface area (Å²) < 4.78 is 24.4. The number of carbonyl (C=O) groups is 2. The molecule has 28 heavy (non-hydrogen) atoms. The summed E-state index contributed by atoms with van der Waals surface area (Å²) >= 11 is 1.28. The van der Waals surface area contributed by atoms with Crippen LogP contribution in [0.1, 0.15) is 12.5 Å². The van der Waals surface area contributed by atoms with E-state index in [1.54, 1.807) is 31.2 Å². The number of thioether (sulfide) groups is 1. The summed E-state index contributed by atoms with van der Waals surface area (Å²) in [5, 5.41) is 2.79. The van der Waals surface area contributed by atoms with E-state index in [0.29, 0.717) is 28.6 Å². The summed E-state index contributed by atoms with van der Waals surface area (Å²) in [6.45, 7) is 2.10. The van der Waals surface area contributed by atoms with E-state index in [-0.39, 0.29) is 25.1 Å². The summed E-state index contributed by atoms with van der Waals surface area (Å²) in [4.78, 5) is 26.9. The van der Waals surface area contributed by atoms with Crippen LogP contribution >= 0.6 is 11.8 Å². The number of urea groups is 1. The molecular formula is C20H19FN2O4S. The zero-order valence-corrected chi connectivity index (χ0v) is 16.1. The lowest BCUT2D eigenvalue weighted by molar-refractivity contribution is -0.130. The fraction of sp³-hybridized carbons (Fsp3) is 0.300. The minimum absolute atomic E-state index is 0.180. The van der Waals surface area contributed by atoms with Crippen molar-refractivity contribution in [2.75, 3.05) is 19.1 Å². The van der Waals surface area contributed by atoms with Crippen molar-refractivity contribution in [3.8, 4) is 11.5 Å². The number of amides is 3. The number of imide groups is 1. The highest BCUT2D eigenvalue weighted by molar-refractivity contribution is 7.99. The van der Waals surface area contributed by atoms with E-state index in [1.807, 2.05) is 12.1 Å². The first-order valence-electron chi connectivity index (χ1n) is 8.86. The van der Waals surface area contributed by atoms with Gasteiger partial charge in [-0.1, -0.05) is 18.2 Å². The molecule has 1 atom stereocenters. The van der Waals surface area contributed by atoms with E-state index in [0.717, 1.165) is 5.56 Å². The van der Waals surface area contributed by atoms with Crippen LogP contribution in [0.15, 0.2) is 47.4 Å². The van der Waals surface area contributed by atoms with Gasteiger partial charge in [0.2, 0.25) is 6.79 Å². The predicted molar refractivity (Wildman–Crippen MR) is 102 cm³/mol. The highest BCUT2D eigenvalue weighted by Gasteiger charge is 2.47. The third-order valence-corrected chi connectivity index (χ3v) is 5.78. The summed E-state index contributed by atoms with van der Waals surface area (Å²) in [5.41, 5.74) is -0.170. The summed E-state index contributed by atoms with van der Waals surface area (Å²) in [7, 11) is 0. The molecule has 6 nitrogen and oxygen atoms in total. The number of ether oxygens (including phenoxy) is 2. The maximum Gasteiger partial charge on any atom is 0.325 e. The van der Waals surface area contributed by atoms with Crippen molar-refractivity contribution in [1.82, 2.24) is 10.2 Å². The van der Waals surface area contributed by atoms with Crippen LogP contribution in [-0.2, 0) is 11.2 Å². The SMILES string of the molecule is CC1(Cc2ccc3c(c2)OCO3)NC(=O)N(CCSc2ccccc2F)C1=O. The van der Waals surface area contributed by atoms with Gasteiger partial charge in [0, 0.05) is 23.6 Å². The van der Waals surface area contributed by atoms with Gasteiger partial charge in [0.05, 0.1) is 0 Å². The molecule has 1 fully saturated rings. The standard InChI is InChI=1S/C20H19FN2O4S/c1-20(11-13-6-7-15-16(10-13)27-12-26-15)18(24)23(19(25)22-20)8-9-28-17-5-3-2-4-14(17)21/h2-7,10H,8-9,11-12H2,1H3,(H,22,25). The smallest absolute Gasteiger partial charge is 0.325 e. The molecule has 3 amide bonds. The number of fused-ring (bicyclic) bond motifs is 1. The fourth-order valence-corrected chi connectivity index (χ4v) is 4.21. The zero-order valence-electron chi connectivity index (χ0n) is 15.2. The Labute approximate surface area is 166 Å². The highest BCUT2D eigenvalue weighted by atomic mass is 32.2. The lowest BCUT2D eigenvalue weighted by Crippen LogP contribution is -2.46. The van der Waals surface area contributed by atoms with E-state index in [1.165, 1.54) is 22.7 Å². The number of carbonyl (C=O) groups excluding carboxylic acids is 2. The molecule has 2 aromatic rings. The number of hydrogen-bond donors (Lipinski definition) is 1. The van der Waals surface area contributed by atoms with Crippen molar-refractivity contribution in [1.29, 1.82) is 0 Å². The summed E-state index contributed by atoms with van der Waals surface area (Å²) in [5.74, 6) is 1.13. The van der Waals surface area contributed by atoms with Crippen LogP contribution in [0.5, 0.6) is 11.5 Å². The Bertz CT molecular complexity index is 938. The minimum Gasteiger partial charge on any atom is -0.454 e. The normalized spacial score (nSPS) is 20.6. The van der Waals surface area contributed by atoms with Gasteiger partial charge in [-0.05, 0) is 36.8 Å². The Balaban J connectivity index is 1.40. The highest BCUT2D eigenvalue weighted by Crippen LogP contribution is 2.34. The first kappa shape index (κ1) is 18.6. The maximum absolute atomic E-state index is 13.7. The largest absolute Gasteiger partial charge is 0.454 e. The van der Waals surface area contributed by atoms with Crippen LogP contribution in [0.25, 0.3) is 0 Å². The number of nitrogens with zero attached hydrogens (tertiary/aromatic N) is 1. The fourth-order valence-electron chi connectivity index (χ4n) is 3.34. The number of nitrogens with one attached hydrogen (secondary N) is 1. The van der Waals surface area contributed by atoms with Crippen LogP contribution < -0.4 is 14.8 Å². The van der Waals surface area contributed by atoms with Gasteiger partial charge in [-0.15, -0.1) is 11.8 Å². The number of hydrogen-bond acceptors (Lipinski definition) is 5. The molecule has 8 heteroatoms. The van der Waals surface area contributed by atoms with E-state index in [9.17, 15) is 14.0 Å². The Kier molecular flexibility index (Phi) is 4.89. The molecular weight excluding hydrogens is 383 g/mol. The molecule has 2 heterocycles. The molecule has 146 valence electrons. The molecule has 2 aliphatic heterocycles. The van der Waals surface area contributed by atoms with Crippen molar-refractivity contribution in [3.63, 3.8) is 0 Å². The molecule has 0 spiro atoms. The maximum atomic E-state index is 13.7. The molecule has 2 aromatic carbocycles. The van der Waals surface area contributed by atoms with Crippen LogP contribution in [-0.4, -0.2) is 41.5 Å². The van der Waals surface area contributed by atoms with Gasteiger partial charge >= 0.3 is 6.03 Å². The second-order valence-corrected chi connectivity index (χ2v) is 8.00. The van der Waals surface area contributed by atoms with Crippen LogP contribution in [0.2, 0.25) is 0 Å². The molecule has 0 radical (unpaired) electrons. The van der Waals surface area contributed by atoms with Crippen molar-refractivity contribution in [2.24, 2.45) is 0 Å². The Morgan fingerprint density at radius 2 is 1.96 bits per heavy atom. The van der Waals surface area contributed by atoms with E-state index < -0.39 is 11.6 Å². The van der Waals surface area contributed by atoms with Crippen molar-refractivity contribution < 1.29 is 23.5 Å². The first-order chi connectivity index (χ1) is 13.5. The van der Waals surface area contributed by atoms with Crippen LogP contribution in [0.3, 0.4) is 0 Å². The van der Waals surface area contributed by atoms with Crippen LogP contribution in [0, 0.1) is 5.82 Å². The minimum atomic E-state index is -1.03. The van der Waals surface area contributed by atoms with Gasteiger partial charge in [0.15, 0.2) is 11.5 Å². The van der Waals surface area contributed by atoms with E-state index in [4.69, 9.17) is 9.47 Å². The van der Waals surface area contributed by atoms with Gasteiger partial charge < -0.3 is 14.8 Å². The first-order valence-corrected chi connectivity index (χ1v) is 9.85.